The van der Waals surface area contributed by atoms with Crippen molar-refractivity contribution in [2.45, 2.75) is 44.6 Å². The van der Waals surface area contributed by atoms with Crippen LogP contribution in [0.2, 0.25) is 5.02 Å². The topological polar surface area (TPSA) is 97.8 Å². The zero-order chi connectivity index (χ0) is 23.8. The van der Waals surface area contributed by atoms with Crippen LogP contribution in [0.5, 0.6) is 0 Å². The van der Waals surface area contributed by atoms with Crippen molar-refractivity contribution < 1.29 is 19.1 Å². The number of hydrogen-bond donors (Lipinski definition) is 3. The summed E-state index contributed by atoms with van der Waals surface area (Å²) in [4.78, 5) is 34.1. The number of carbonyl (C=O) groups is 2. The number of nitrogens with one attached hydrogen (secondary N) is 2. The Morgan fingerprint density at radius 2 is 2.12 bits per heavy atom. The Morgan fingerprint density at radius 3 is 2.76 bits per heavy atom. The predicted molar refractivity (Wildman–Crippen MR) is 122 cm³/mol. The number of halogens is 2. The molecule has 2 amide bonds. The Morgan fingerprint density at radius 1 is 1.33 bits per heavy atom. The summed E-state index contributed by atoms with van der Waals surface area (Å²) in [5, 5.41) is 15.6. The molecule has 2 aromatic rings. The fourth-order valence-corrected chi connectivity index (χ4v) is 4.81. The minimum absolute atomic E-state index is 0.0392. The van der Waals surface area contributed by atoms with E-state index in [9.17, 15) is 19.1 Å². The molecule has 1 aromatic carbocycles. The molecule has 3 N–H and O–H groups in total. The van der Waals surface area contributed by atoms with Crippen molar-refractivity contribution in [1.29, 1.82) is 0 Å². The molecule has 10 heteroatoms. The molecule has 3 atom stereocenters. The summed E-state index contributed by atoms with van der Waals surface area (Å²) in [6.45, 7) is 5.26. The molecule has 8 nitrogen and oxygen atoms in total. The van der Waals surface area contributed by atoms with Crippen LogP contribution in [0.4, 0.5) is 10.1 Å². The molecule has 0 saturated carbocycles. The zero-order valence-corrected chi connectivity index (χ0v) is 19.3. The molecular weight excluding hydrogens is 449 g/mol. The van der Waals surface area contributed by atoms with Gasteiger partial charge in [-0.3, -0.25) is 19.9 Å². The molecule has 176 valence electrons. The molecule has 0 aliphatic carbocycles. The molecule has 0 bridgehead atoms. The number of aryl methyl sites for hydroxylation is 1. The van der Waals surface area contributed by atoms with Gasteiger partial charge in [0.2, 0.25) is 11.8 Å². The molecule has 0 spiro atoms. The number of carbonyl (C=O) groups excluding carboxylic acids is 2. The van der Waals surface area contributed by atoms with E-state index >= 15 is 0 Å². The maximum absolute atomic E-state index is 13.8. The minimum atomic E-state index is -1.28. The summed E-state index contributed by atoms with van der Waals surface area (Å²) in [5.74, 6) is -0.911. The van der Waals surface area contributed by atoms with E-state index in [-0.39, 0.29) is 24.8 Å². The first kappa shape index (κ1) is 23.4. The lowest BCUT2D eigenvalue weighted by Crippen LogP contribution is -2.54. The summed E-state index contributed by atoms with van der Waals surface area (Å²) in [6, 6.07) is 9.70. The third-order valence-corrected chi connectivity index (χ3v) is 6.46. The van der Waals surface area contributed by atoms with Crippen LogP contribution in [0.1, 0.15) is 31.2 Å². The van der Waals surface area contributed by atoms with Crippen molar-refractivity contribution in [3.8, 4) is 0 Å². The van der Waals surface area contributed by atoms with E-state index in [0.717, 1.165) is 5.69 Å². The van der Waals surface area contributed by atoms with Gasteiger partial charge in [-0.15, -0.1) is 0 Å². The van der Waals surface area contributed by atoms with Crippen LogP contribution in [0.15, 0.2) is 36.4 Å². The molecule has 1 aromatic heterocycles. The van der Waals surface area contributed by atoms with Gasteiger partial charge in [-0.2, -0.15) is 0 Å². The first-order chi connectivity index (χ1) is 15.7. The maximum atomic E-state index is 13.8. The molecule has 33 heavy (non-hydrogen) atoms. The SMILES string of the molecule is Cc1cccc(C2(CCC(=O)N3CCN(c4cc(F)cc(Cl)c4)[C@@H](C)C3)NC(O)NC2=O)n1. The summed E-state index contributed by atoms with van der Waals surface area (Å²) in [5.41, 5.74) is 0.597. The van der Waals surface area contributed by atoms with Crippen molar-refractivity contribution in [3.05, 3.63) is 58.6 Å². The first-order valence-electron chi connectivity index (χ1n) is 10.9. The molecular formula is C23H27ClFN5O3. The first-order valence-corrected chi connectivity index (χ1v) is 11.3. The van der Waals surface area contributed by atoms with Gasteiger partial charge >= 0.3 is 0 Å². The molecule has 2 aliphatic rings. The second-order valence-electron chi connectivity index (χ2n) is 8.60. The number of benzene rings is 1. The van der Waals surface area contributed by atoms with Crippen LogP contribution in [-0.4, -0.2) is 58.8 Å². The molecule has 2 unspecified atom stereocenters. The average molecular weight is 476 g/mol. The van der Waals surface area contributed by atoms with Crippen molar-refractivity contribution in [1.82, 2.24) is 20.5 Å². The van der Waals surface area contributed by atoms with Crippen LogP contribution in [0, 0.1) is 12.7 Å². The Bertz CT molecular complexity index is 1050. The van der Waals surface area contributed by atoms with Gasteiger partial charge in [0, 0.05) is 48.5 Å². The lowest BCUT2D eigenvalue weighted by atomic mass is 9.88. The van der Waals surface area contributed by atoms with Crippen LogP contribution in [-0.2, 0) is 15.1 Å². The zero-order valence-electron chi connectivity index (χ0n) is 18.5. The molecule has 3 heterocycles. The minimum Gasteiger partial charge on any atom is -0.365 e. The Kier molecular flexibility index (Phi) is 6.56. The fourth-order valence-electron chi connectivity index (χ4n) is 4.59. The van der Waals surface area contributed by atoms with Gasteiger partial charge in [0.25, 0.3) is 0 Å². The highest BCUT2D eigenvalue weighted by Crippen LogP contribution is 2.31. The fraction of sp³-hybridized carbons (Fsp3) is 0.435. The van der Waals surface area contributed by atoms with Gasteiger partial charge in [0.15, 0.2) is 6.35 Å². The van der Waals surface area contributed by atoms with E-state index < -0.39 is 23.6 Å². The number of rotatable bonds is 5. The monoisotopic (exact) mass is 475 g/mol. The molecule has 4 rings (SSSR count). The number of aromatic nitrogens is 1. The number of nitrogens with zero attached hydrogens (tertiary/aromatic N) is 3. The largest absolute Gasteiger partial charge is 0.365 e. The van der Waals surface area contributed by atoms with Gasteiger partial charge in [0.1, 0.15) is 11.4 Å². The standard InChI is InChI=1S/C23H27ClFN5O3/c1-14-4-3-5-19(26-14)23(21(32)27-22(33)28-23)7-6-20(31)29-8-9-30(15(2)13-29)18-11-16(24)10-17(25)12-18/h3-5,10-12,15,22,28,33H,6-9,13H2,1-2H3,(H,27,32)/t15-,22?,23?/m0/s1. The van der Waals surface area contributed by atoms with Gasteiger partial charge in [-0.05, 0) is 50.6 Å². The van der Waals surface area contributed by atoms with Gasteiger partial charge in [-0.25, -0.2) is 4.39 Å². The van der Waals surface area contributed by atoms with Gasteiger partial charge in [-0.1, -0.05) is 17.7 Å². The average Bonchev–Trinajstić information content (AvgIpc) is 3.05. The molecule has 2 aliphatic heterocycles. The number of piperazine rings is 1. The summed E-state index contributed by atoms with van der Waals surface area (Å²) in [7, 11) is 0. The van der Waals surface area contributed by atoms with E-state index in [1.807, 2.05) is 24.8 Å². The Hall–Kier alpha value is -2.75. The van der Waals surface area contributed by atoms with Crippen molar-refractivity contribution >= 4 is 29.1 Å². The van der Waals surface area contributed by atoms with Gasteiger partial charge < -0.3 is 20.2 Å². The number of anilines is 1. The van der Waals surface area contributed by atoms with E-state index in [2.05, 4.69) is 15.6 Å². The number of hydrogen-bond acceptors (Lipinski definition) is 6. The number of amides is 2. The number of aliphatic hydroxyl groups excluding tert-OH is 1. The second kappa shape index (κ2) is 9.24. The van der Waals surface area contributed by atoms with Crippen molar-refractivity contribution in [3.63, 3.8) is 0 Å². The highest BCUT2D eigenvalue weighted by atomic mass is 35.5. The van der Waals surface area contributed by atoms with E-state index in [1.165, 1.54) is 12.1 Å². The van der Waals surface area contributed by atoms with E-state index in [4.69, 9.17) is 11.6 Å². The third-order valence-electron chi connectivity index (χ3n) is 6.24. The number of pyridine rings is 1. The van der Waals surface area contributed by atoms with Crippen LogP contribution in [0.25, 0.3) is 0 Å². The molecule has 2 fully saturated rings. The quantitative estimate of drug-likeness (QED) is 0.611. The molecule has 2 saturated heterocycles. The summed E-state index contributed by atoms with van der Waals surface area (Å²) < 4.78 is 13.8. The lowest BCUT2D eigenvalue weighted by molar-refractivity contribution is -0.133. The van der Waals surface area contributed by atoms with Crippen LogP contribution < -0.4 is 15.5 Å². The predicted octanol–water partition coefficient (Wildman–Crippen LogP) is 1.89. The molecule has 0 radical (unpaired) electrons. The van der Waals surface area contributed by atoms with E-state index in [1.54, 1.807) is 23.1 Å². The lowest BCUT2D eigenvalue weighted by Gasteiger charge is -2.41. The van der Waals surface area contributed by atoms with Crippen molar-refractivity contribution in [2.75, 3.05) is 24.5 Å². The maximum Gasteiger partial charge on any atom is 0.249 e. The summed E-state index contributed by atoms with van der Waals surface area (Å²) in [6.07, 6.45) is -0.961. The normalized spacial score (nSPS) is 25.3. The smallest absolute Gasteiger partial charge is 0.249 e. The highest BCUT2D eigenvalue weighted by Gasteiger charge is 2.48. The van der Waals surface area contributed by atoms with Crippen LogP contribution in [0.3, 0.4) is 0 Å². The number of aliphatic hydroxyl groups is 1. The Labute approximate surface area is 196 Å². The van der Waals surface area contributed by atoms with E-state index in [0.29, 0.717) is 36.0 Å². The Balaban J connectivity index is 1.44. The van der Waals surface area contributed by atoms with Crippen LogP contribution >= 0.6 is 11.6 Å². The third kappa shape index (κ3) is 4.80. The van der Waals surface area contributed by atoms with Gasteiger partial charge in [0.05, 0.1) is 5.69 Å². The second-order valence-corrected chi connectivity index (χ2v) is 9.04. The summed E-state index contributed by atoms with van der Waals surface area (Å²) >= 11 is 6.00. The highest BCUT2D eigenvalue weighted by molar-refractivity contribution is 6.30. The van der Waals surface area contributed by atoms with Crippen molar-refractivity contribution in [2.24, 2.45) is 0 Å².